The van der Waals surface area contributed by atoms with E-state index in [0.717, 1.165) is 6.42 Å². The van der Waals surface area contributed by atoms with Crippen molar-refractivity contribution in [3.8, 4) is 0 Å². The van der Waals surface area contributed by atoms with Crippen LogP contribution >= 0.6 is 0 Å². The zero-order chi connectivity index (χ0) is 8.65. The smallest absolute Gasteiger partial charge is 0.160 e. The minimum atomic E-state index is 0.683. The molecule has 0 unspecified atom stereocenters. The van der Waals surface area contributed by atoms with Crippen LogP contribution in [0.3, 0.4) is 0 Å². The molecule has 0 fully saturated rings. The Morgan fingerprint density at radius 2 is 2.00 bits per heavy atom. The number of rotatable bonds is 4. The Balaban J connectivity index is 2.33. The fourth-order valence-corrected chi connectivity index (χ4v) is 0.956. The largest absolute Gasteiger partial charge is 0.297 e. The van der Waals surface area contributed by atoms with E-state index in [9.17, 15) is 4.79 Å². The van der Waals surface area contributed by atoms with Gasteiger partial charge in [-0.3, -0.25) is 9.79 Å². The zero-order valence-corrected chi connectivity index (χ0v) is 6.81. The summed E-state index contributed by atoms with van der Waals surface area (Å²) in [4.78, 5) is 13.8. The standard InChI is InChI=1S/C10H11NO/c12-9-8-11-7-6-10-4-2-1-3-5-10/h1-5,8-9H,6-7H2. The van der Waals surface area contributed by atoms with Crippen LogP contribution in [0.5, 0.6) is 0 Å². The minimum Gasteiger partial charge on any atom is -0.297 e. The van der Waals surface area contributed by atoms with E-state index in [1.165, 1.54) is 11.8 Å². The fraction of sp³-hybridized carbons (Fsp3) is 0.200. The molecule has 62 valence electrons. The fourth-order valence-electron chi connectivity index (χ4n) is 0.956. The van der Waals surface area contributed by atoms with Crippen molar-refractivity contribution < 1.29 is 4.79 Å². The maximum absolute atomic E-state index is 9.87. The van der Waals surface area contributed by atoms with E-state index in [0.29, 0.717) is 12.8 Å². The third kappa shape index (κ3) is 3.10. The number of nitrogens with zero attached hydrogens (tertiary/aromatic N) is 1. The Morgan fingerprint density at radius 3 is 2.67 bits per heavy atom. The van der Waals surface area contributed by atoms with Gasteiger partial charge in [-0.25, -0.2) is 0 Å². The maximum atomic E-state index is 9.87. The normalized spacial score (nSPS) is 10.3. The number of benzene rings is 1. The van der Waals surface area contributed by atoms with Crippen LogP contribution in [0.25, 0.3) is 0 Å². The van der Waals surface area contributed by atoms with Gasteiger partial charge in [0, 0.05) is 6.54 Å². The summed E-state index contributed by atoms with van der Waals surface area (Å²) in [5, 5.41) is 0. The lowest BCUT2D eigenvalue weighted by Gasteiger charge is -1.95. The molecule has 0 aliphatic carbocycles. The van der Waals surface area contributed by atoms with Crippen LogP contribution in [0.4, 0.5) is 0 Å². The van der Waals surface area contributed by atoms with Gasteiger partial charge in [0.2, 0.25) is 0 Å². The van der Waals surface area contributed by atoms with E-state index in [-0.39, 0.29) is 0 Å². The molecule has 2 heteroatoms. The van der Waals surface area contributed by atoms with Crippen molar-refractivity contribution in [2.45, 2.75) is 6.42 Å². The molecule has 0 saturated carbocycles. The number of aldehydes is 1. The molecule has 0 radical (unpaired) electrons. The van der Waals surface area contributed by atoms with Gasteiger partial charge >= 0.3 is 0 Å². The Labute approximate surface area is 71.9 Å². The summed E-state index contributed by atoms with van der Waals surface area (Å²) >= 11 is 0. The number of hydrogen-bond donors (Lipinski definition) is 0. The van der Waals surface area contributed by atoms with Gasteiger partial charge in [0.05, 0.1) is 6.21 Å². The molecule has 0 heterocycles. The summed E-state index contributed by atoms with van der Waals surface area (Å²) in [6, 6.07) is 10.1. The molecule has 0 bridgehead atoms. The monoisotopic (exact) mass is 161 g/mol. The zero-order valence-electron chi connectivity index (χ0n) is 6.81. The predicted octanol–water partition coefficient (Wildman–Crippen LogP) is 1.50. The summed E-state index contributed by atoms with van der Waals surface area (Å²) in [7, 11) is 0. The Bertz CT molecular complexity index is 254. The van der Waals surface area contributed by atoms with E-state index in [1.807, 2.05) is 18.2 Å². The highest BCUT2D eigenvalue weighted by atomic mass is 16.1. The van der Waals surface area contributed by atoms with Gasteiger partial charge in [0.25, 0.3) is 0 Å². The second kappa shape index (κ2) is 5.24. The third-order valence-corrected chi connectivity index (χ3v) is 1.54. The van der Waals surface area contributed by atoms with E-state index in [1.54, 1.807) is 0 Å². The van der Waals surface area contributed by atoms with Crippen molar-refractivity contribution in [1.82, 2.24) is 0 Å². The first-order valence-corrected chi connectivity index (χ1v) is 3.91. The molecule has 0 N–H and O–H groups in total. The maximum Gasteiger partial charge on any atom is 0.160 e. The van der Waals surface area contributed by atoms with Crippen LogP contribution in [0.1, 0.15) is 5.56 Å². The number of aliphatic imine (C=N–C) groups is 1. The topological polar surface area (TPSA) is 29.4 Å². The molecule has 1 aromatic carbocycles. The second-order valence-corrected chi connectivity index (χ2v) is 2.43. The van der Waals surface area contributed by atoms with Gasteiger partial charge in [-0.05, 0) is 12.0 Å². The van der Waals surface area contributed by atoms with Crippen LogP contribution < -0.4 is 0 Å². The van der Waals surface area contributed by atoms with Gasteiger partial charge < -0.3 is 0 Å². The van der Waals surface area contributed by atoms with Gasteiger partial charge in [-0.2, -0.15) is 0 Å². The molecular weight excluding hydrogens is 150 g/mol. The quantitative estimate of drug-likeness (QED) is 0.486. The Hall–Kier alpha value is -1.44. The van der Waals surface area contributed by atoms with Crippen molar-refractivity contribution >= 4 is 12.5 Å². The van der Waals surface area contributed by atoms with Gasteiger partial charge in [0.1, 0.15) is 0 Å². The van der Waals surface area contributed by atoms with Gasteiger partial charge in [-0.1, -0.05) is 30.3 Å². The summed E-state index contributed by atoms with van der Waals surface area (Å²) in [6.07, 6.45) is 2.89. The van der Waals surface area contributed by atoms with Crippen LogP contribution in [0.15, 0.2) is 35.3 Å². The molecule has 0 saturated heterocycles. The van der Waals surface area contributed by atoms with Crippen LogP contribution in [0.2, 0.25) is 0 Å². The molecule has 0 aliphatic heterocycles. The van der Waals surface area contributed by atoms with Crippen molar-refractivity contribution in [2.24, 2.45) is 4.99 Å². The van der Waals surface area contributed by atoms with Crippen molar-refractivity contribution in [2.75, 3.05) is 6.54 Å². The second-order valence-electron chi connectivity index (χ2n) is 2.43. The lowest BCUT2D eigenvalue weighted by atomic mass is 10.2. The highest BCUT2D eigenvalue weighted by molar-refractivity contribution is 6.12. The van der Waals surface area contributed by atoms with Crippen LogP contribution in [0, 0.1) is 0 Å². The molecule has 0 aromatic heterocycles. The molecule has 2 nitrogen and oxygen atoms in total. The van der Waals surface area contributed by atoms with Gasteiger partial charge in [0.15, 0.2) is 6.29 Å². The Morgan fingerprint density at radius 1 is 1.25 bits per heavy atom. The molecule has 0 spiro atoms. The highest BCUT2D eigenvalue weighted by Gasteiger charge is 1.87. The predicted molar refractivity (Wildman–Crippen MR) is 49.6 cm³/mol. The summed E-state index contributed by atoms with van der Waals surface area (Å²) in [5.74, 6) is 0. The van der Waals surface area contributed by atoms with Crippen molar-refractivity contribution in [3.63, 3.8) is 0 Å². The molecule has 0 amide bonds. The first-order valence-electron chi connectivity index (χ1n) is 3.91. The van der Waals surface area contributed by atoms with E-state index in [4.69, 9.17) is 0 Å². The van der Waals surface area contributed by atoms with Gasteiger partial charge in [-0.15, -0.1) is 0 Å². The third-order valence-electron chi connectivity index (χ3n) is 1.54. The summed E-state index contributed by atoms with van der Waals surface area (Å²) < 4.78 is 0. The molecule has 0 aliphatic rings. The molecule has 12 heavy (non-hydrogen) atoms. The molecule has 0 atom stereocenters. The Kier molecular flexibility index (Phi) is 3.78. The van der Waals surface area contributed by atoms with Crippen molar-refractivity contribution in [3.05, 3.63) is 35.9 Å². The lowest BCUT2D eigenvalue weighted by molar-refractivity contribution is -0.102. The van der Waals surface area contributed by atoms with Crippen molar-refractivity contribution in [1.29, 1.82) is 0 Å². The molecule has 1 aromatic rings. The number of carbonyl (C=O) groups excluding carboxylic acids is 1. The average Bonchev–Trinajstić information content (AvgIpc) is 2.14. The first kappa shape index (κ1) is 8.65. The van der Waals surface area contributed by atoms with E-state index in [2.05, 4.69) is 17.1 Å². The molecular formula is C10H11NO. The average molecular weight is 161 g/mol. The molecule has 1 rings (SSSR count). The number of hydrogen-bond acceptors (Lipinski definition) is 2. The summed E-state index contributed by atoms with van der Waals surface area (Å²) in [5.41, 5.74) is 1.25. The van der Waals surface area contributed by atoms with E-state index >= 15 is 0 Å². The SMILES string of the molecule is O=CC=NCCc1ccccc1. The van der Waals surface area contributed by atoms with Crippen LogP contribution in [-0.2, 0) is 11.2 Å². The number of carbonyl (C=O) groups is 1. The van der Waals surface area contributed by atoms with E-state index < -0.39 is 0 Å². The summed E-state index contributed by atoms with van der Waals surface area (Å²) in [6.45, 7) is 0.683. The van der Waals surface area contributed by atoms with Crippen LogP contribution in [-0.4, -0.2) is 19.0 Å². The highest BCUT2D eigenvalue weighted by Crippen LogP contribution is 1.98. The minimum absolute atomic E-state index is 0.683. The lowest BCUT2D eigenvalue weighted by Crippen LogP contribution is -1.89. The first-order chi connectivity index (χ1) is 5.93.